The summed E-state index contributed by atoms with van der Waals surface area (Å²) in [6.45, 7) is 4.00. The first-order valence-electron chi connectivity index (χ1n) is 5.93. The highest BCUT2D eigenvalue weighted by Crippen LogP contribution is 2.30. The molecule has 18 heavy (non-hydrogen) atoms. The van der Waals surface area contributed by atoms with Crippen LogP contribution in [-0.4, -0.2) is 9.99 Å². The van der Waals surface area contributed by atoms with Crippen LogP contribution in [0.1, 0.15) is 29.8 Å². The zero-order valence-corrected chi connectivity index (χ0v) is 11.2. The van der Waals surface area contributed by atoms with Gasteiger partial charge in [0.25, 0.3) is 0 Å². The normalized spacial score (nSPS) is 13.1. The van der Waals surface area contributed by atoms with Gasteiger partial charge in [0.15, 0.2) is 5.78 Å². The maximum atomic E-state index is 12.2. The van der Waals surface area contributed by atoms with E-state index < -0.39 is 10.8 Å². The highest BCUT2D eigenvalue weighted by atomic mass is 32.2. The molecule has 0 saturated heterocycles. The van der Waals surface area contributed by atoms with Crippen LogP contribution in [0.2, 0.25) is 0 Å². The first-order valence-corrected chi connectivity index (χ1v) is 7.08. The van der Waals surface area contributed by atoms with E-state index in [-0.39, 0.29) is 5.78 Å². The minimum Gasteiger partial charge on any atom is -0.289 e. The Kier molecular flexibility index (Phi) is 3.72. The lowest BCUT2D eigenvalue weighted by Crippen LogP contribution is -2.15. The summed E-state index contributed by atoms with van der Waals surface area (Å²) < 4.78 is 12.2. The Morgan fingerprint density at radius 1 is 0.778 bits per heavy atom. The number of benzene rings is 2. The zero-order valence-electron chi connectivity index (χ0n) is 10.3. The fourth-order valence-electron chi connectivity index (χ4n) is 1.90. The quantitative estimate of drug-likeness (QED) is 0.619. The van der Waals surface area contributed by atoms with Crippen LogP contribution in [0.25, 0.3) is 0 Å². The van der Waals surface area contributed by atoms with E-state index in [4.69, 9.17) is 0 Å². The molecular formula is C15H14O2S. The number of hydrogen-bond acceptors (Lipinski definition) is 2. The molecule has 0 amide bonds. The second kappa shape index (κ2) is 5.27. The first-order chi connectivity index (χ1) is 8.79. The smallest absolute Gasteiger partial charge is 0.195 e. The van der Waals surface area contributed by atoms with Crippen molar-refractivity contribution in [3.63, 3.8) is 0 Å². The van der Waals surface area contributed by atoms with Crippen LogP contribution < -0.4 is 0 Å². The van der Waals surface area contributed by atoms with Crippen molar-refractivity contribution in [2.24, 2.45) is 0 Å². The number of ketones is 1. The first kappa shape index (κ1) is 12.7. The Hall–Kier alpha value is -1.74. The monoisotopic (exact) mass is 258 g/mol. The van der Waals surface area contributed by atoms with Gasteiger partial charge in [-0.05, 0) is 24.3 Å². The molecule has 0 atom stereocenters. The summed E-state index contributed by atoms with van der Waals surface area (Å²) in [5.74, 6) is -0.0363. The number of carbonyl (C=O) groups is 1. The molecule has 1 aliphatic heterocycles. The van der Waals surface area contributed by atoms with Crippen molar-refractivity contribution < 1.29 is 9.00 Å². The predicted octanol–water partition coefficient (Wildman–Crippen LogP) is 3.42. The second-order valence-corrected chi connectivity index (χ2v) is 5.01. The number of fused-ring (bicyclic) bond motifs is 2. The molecule has 3 heteroatoms. The third-order valence-electron chi connectivity index (χ3n) is 2.66. The SMILES string of the molecule is CC.O=C1c2ccccc2S(=O)c2ccccc21. The summed E-state index contributed by atoms with van der Waals surface area (Å²) >= 11 is 0. The molecule has 3 rings (SSSR count). The summed E-state index contributed by atoms with van der Waals surface area (Å²) in [7, 11) is -1.23. The van der Waals surface area contributed by atoms with Gasteiger partial charge in [-0.3, -0.25) is 4.79 Å². The molecule has 1 aliphatic rings. The average molecular weight is 258 g/mol. The number of carbonyl (C=O) groups excluding carboxylic acids is 1. The molecule has 0 aliphatic carbocycles. The molecule has 0 N–H and O–H groups in total. The van der Waals surface area contributed by atoms with E-state index in [1.54, 1.807) is 48.5 Å². The van der Waals surface area contributed by atoms with Crippen molar-refractivity contribution in [3.05, 3.63) is 59.7 Å². The summed E-state index contributed by atoms with van der Waals surface area (Å²) in [6.07, 6.45) is 0. The van der Waals surface area contributed by atoms with Crippen molar-refractivity contribution in [1.29, 1.82) is 0 Å². The fraction of sp³-hybridized carbons (Fsp3) is 0.133. The second-order valence-electron chi connectivity index (χ2n) is 3.59. The average Bonchev–Trinajstić information content (AvgIpc) is 2.47. The largest absolute Gasteiger partial charge is 0.289 e. The lowest BCUT2D eigenvalue weighted by Gasteiger charge is -2.16. The van der Waals surface area contributed by atoms with Gasteiger partial charge in [-0.1, -0.05) is 38.1 Å². The minimum atomic E-state index is -1.23. The van der Waals surface area contributed by atoms with Crippen LogP contribution in [0.3, 0.4) is 0 Å². The van der Waals surface area contributed by atoms with Crippen molar-refractivity contribution in [3.8, 4) is 0 Å². The highest BCUT2D eigenvalue weighted by molar-refractivity contribution is 7.85. The van der Waals surface area contributed by atoms with Crippen molar-refractivity contribution in [1.82, 2.24) is 0 Å². The van der Waals surface area contributed by atoms with E-state index in [0.29, 0.717) is 20.9 Å². The van der Waals surface area contributed by atoms with Crippen molar-refractivity contribution in [2.75, 3.05) is 0 Å². The summed E-state index contributed by atoms with van der Waals surface area (Å²) in [5.41, 5.74) is 1.11. The molecule has 0 spiro atoms. The van der Waals surface area contributed by atoms with Gasteiger partial charge < -0.3 is 0 Å². The summed E-state index contributed by atoms with van der Waals surface area (Å²) in [5, 5.41) is 0. The molecule has 1 heterocycles. The van der Waals surface area contributed by atoms with Gasteiger partial charge in [-0.2, -0.15) is 0 Å². The predicted molar refractivity (Wildman–Crippen MR) is 72.3 cm³/mol. The molecule has 0 radical (unpaired) electrons. The van der Waals surface area contributed by atoms with Gasteiger partial charge in [0.1, 0.15) is 0 Å². The van der Waals surface area contributed by atoms with Gasteiger partial charge in [0.05, 0.1) is 20.6 Å². The van der Waals surface area contributed by atoms with Gasteiger partial charge in [-0.15, -0.1) is 0 Å². The minimum absolute atomic E-state index is 0.0363. The zero-order chi connectivity index (χ0) is 13.1. The van der Waals surface area contributed by atoms with Gasteiger partial charge in [0, 0.05) is 11.1 Å². The van der Waals surface area contributed by atoms with E-state index in [1.807, 2.05) is 13.8 Å². The van der Waals surface area contributed by atoms with Gasteiger partial charge >= 0.3 is 0 Å². The van der Waals surface area contributed by atoms with Crippen molar-refractivity contribution >= 4 is 16.6 Å². The molecule has 0 fully saturated rings. The summed E-state index contributed by atoms with van der Waals surface area (Å²) in [4.78, 5) is 13.4. The molecule has 2 aromatic carbocycles. The van der Waals surface area contributed by atoms with Crippen LogP contribution in [0.4, 0.5) is 0 Å². The third-order valence-corrected chi connectivity index (χ3v) is 4.17. The van der Waals surface area contributed by atoms with E-state index >= 15 is 0 Å². The van der Waals surface area contributed by atoms with Crippen LogP contribution in [0.5, 0.6) is 0 Å². The van der Waals surface area contributed by atoms with E-state index in [1.165, 1.54) is 0 Å². The third kappa shape index (κ3) is 1.91. The topological polar surface area (TPSA) is 34.1 Å². The molecule has 0 bridgehead atoms. The lowest BCUT2D eigenvalue weighted by atomic mass is 10.0. The van der Waals surface area contributed by atoms with E-state index in [2.05, 4.69) is 0 Å². The van der Waals surface area contributed by atoms with E-state index in [9.17, 15) is 9.00 Å². The maximum Gasteiger partial charge on any atom is 0.195 e. The standard InChI is InChI=1S/C13H8O2S.C2H6/c14-13-9-5-1-3-7-11(9)16(15)12-8-4-2-6-10(12)13;1-2/h1-8H;1-2H3. The van der Waals surface area contributed by atoms with Crippen LogP contribution >= 0.6 is 0 Å². The Morgan fingerprint density at radius 2 is 1.17 bits per heavy atom. The molecule has 92 valence electrons. The Labute approximate surface area is 109 Å². The van der Waals surface area contributed by atoms with Gasteiger partial charge in [0.2, 0.25) is 0 Å². The van der Waals surface area contributed by atoms with Gasteiger partial charge in [-0.25, -0.2) is 4.21 Å². The molecular weight excluding hydrogens is 244 g/mol. The lowest BCUT2D eigenvalue weighted by molar-refractivity contribution is 0.103. The Bertz CT molecular complexity index is 512. The Balaban J connectivity index is 0.000000574. The van der Waals surface area contributed by atoms with Crippen LogP contribution in [0.15, 0.2) is 58.3 Å². The fourth-order valence-corrected chi connectivity index (χ4v) is 3.26. The van der Waals surface area contributed by atoms with Crippen molar-refractivity contribution in [2.45, 2.75) is 23.6 Å². The number of rotatable bonds is 0. The maximum absolute atomic E-state index is 12.2. The molecule has 2 nitrogen and oxygen atoms in total. The number of hydrogen-bond donors (Lipinski definition) is 0. The highest BCUT2D eigenvalue weighted by Gasteiger charge is 2.27. The molecule has 0 aromatic heterocycles. The Morgan fingerprint density at radius 3 is 1.61 bits per heavy atom. The van der Waals surface area contributed by atoms with Crippen LogP contribution in [0, 0.1) is 0 Å². The van der Waals surface area contributed by atoms with Crippen LogP contribution in [-0.2, 0) is 10.8 Å². The van der Waals surface area contributed by atoms with E-state index in [0.717, 1.165) is 0 Å². The molecule has 0 saturated carbocycles. The molecule has 0 unspecified atom stereocenters. The summed E-state index contributed by atoms with van der Waals surface area (Å²) in [6, 6.07) is 14.1. The molecule has 2 aromatic rings.